The van der Waals surface area contributed by atoms with Gasteiger partial charge >= 0.3 is 0 Å². The molecule has 58 heavy (non-hydrogen) atoms. The van der Waals surface area contributed by atoms with Gasteiger partial charge in [0.2, 0.25) is 0 Å². The molecule has 8 nitrogen and oxygen atoms in total. The van der Waals surface area contributed by atoms with Gasteiger partial charge in [0, 0.05) is 57.4 Å². The van der Waals surface area contributed by atoms with Crippen molar-refractivity contribution >= 4 is 51.6 Å². The average molecular weight is 767 g/mol. The summed E-state index contributed by atoms with van der Waals surface area (Å²) in [6.45, 7) is 36.0. The van der Waals surface area contributed by atoms with E-state index in [1.165, 1.54) is 99.8 Å². The number of nitrogens with zero attached hydrogens (tertiary/aromatic N) is 8. The minimum absolute atomic E-state index is 0.445. The van der Waals surface area contributed by atoms with E-state index in [1.807, 2.05) is 7.05 Å². The first-order chi connectivity index (χ1) is 27.4. The Morgan fingerprint density at radius 2 is 0.914 bits per heavy atom. The fraction of sp³-hybridized carbons (Fsp3) is 0.360. The minimum atomic E-state index is 0.445. The molecule has 0 atom stereocenters. The Bertz CT molecular complexity index is 3020. The van der Waals surface area contributed by atoms with E-state index in [4.69, 9.17) is 30.0 Å². The van der Waals surface area contributed by atoms with Crippen LogP contribution in [-0.4, -0.2) is 51.5 Å². The van der Waals surface area contributed by atoms with Crippen molar-refractivity contribution < 1.29 is 0 Å². The molecule has 0 amide bonds. The molecule has 5 aromatic rings. The quantitative estimate of drug-likeness (QED) is 0.154. The van der Waals surface area contributed by atoms with Gasteiger partial charge in [-0.25, -0.2) is 25.0 Å². The Morgan fingerprint density at radius 3 is 1.48 bits per heavy atom. The average Bonchev–Trinajstić information content (AvgIpc) is 3.94. The summed E-state index contributed by atoms with van der Waals surface area (Å²) >= 11 is 0. The third kappa shape index (κ3) is 4.74. The molecule has 5 heterocycles. The summed E-state index contributed by atoms with van der Waals surface area (Å²) in [5, 5.41) is 2.37. The van der Waals surface area contributed by atoms with Crippen molar-refractivity contribution in [3.05, 3.63) is 129 Å². The van der Waals surface area contributed by atoms with E-state index in [9.17, 15) is 0 Å². The Morgan fingerprint density at radius 1 is 0.448 bits per heavy atom. The standard InChI is InChI=1S/C50H54N8/c1-20-21(2)29(10)37-36(28(20)9)18-57-19-58-49(55-45-39-31(12)23(4)22(3)30(11)38(39)44(51-17)52-45)42-34(15)26(7)27(8)35(16)43(42)50(58)56-47-41-33(14)25(6)24(5)32(13)40(41)46(53-47)54-48(37)57/h18H,19H2,1-17H3/b51-44?,54-46-,55-49?,56-50?. The molecule has 0 spiro atoms. The number of aromatic nitrogens is 1. The highest BCUT2D eigenvalue weighted by Gasteiger charge is 2.41. The van der Waals surface area contributed by atoms with Crippen LogP contribution in [0.15, 0.2) is 36.2 Å². The zero-order chi connectivity index (χ0) is 41.7. The van der Waals surface area contributed by atoms with E-state index in [2.05, 4.69) is 126 Å². The van der Waals surface area contributed by atoms with Crippen LogP contribution in [0.4, 0.5) is 5.82 Å². The van der Waals surface area contributed by atoms with Crippen molar-refractivity contribution in [2.75, 3.05) is 7.05 Å². The molecule has 0 saturated carbocycles. The second kappa shape index (κ2) is 12.6. The SMILES string of the molecule is CN=C1N=C(N=C2c3c(C)c(C)c(C)c(C)c3C3=NC4=N/C(=N\c5c6c(C)c(C)c(C)c(C)c6cn5CN23)c2c(C)c(C)c(C)c(C)c24)c2c(C)c(C)c(C)c(C)c21. The Balaban J connectivity index is 1.44. The lowest BCUT2D eigenvalue weighted by molar-refractivity contribution is 0.490. The molecule has 0 aliphatic carbocycles. The summed E-state index contributed by atoms with van der Waals surface area (Å²) in [5.41, 5.74) is 26.3. The van der Waals surface area contributed by atoms with Gasteiger partial charge in [-0.15, -0.1) is 0 Å². The maximum atomic E-state index is 5.71. The van der Waals surface area contributed by atoms with E-state index in [0.717, 1.165) is 62.5 Å². The molecular weight excluding hydrogens is 713 g/mol. The zero-order valence-corrected chi connectivity index (χ0v) is 37.4. The molecule has 294 valence electrons. The van der Waals surface area contributed by atoms with Gasteiger partial charge in [0.05, 0.1) is 0 Å². The summed E-state index contributed by atoms with van der Waals surface area (Å²) in [6.07, 6.45) is 2.29. The molecule has 0 N–H and O–H groups in total. The van der Waals surface area contributed by atoms with Crippen LogP contribution in [-0.2, 0) is 6.67 Å². The number of hydrogen-bond acceptors (Lipinski definition) is 5. The Hall–Kier alpha value is -5.76. The lowest BCUT2D eigenvalue weighted by Gasteiger charge is -2.23. The van der Waals surface area contributed by atoms with Crippen LogP contribution < -0.4 is 0 Å². The lowest BCUT2D eigenvalue weighted by atomic mass is 9.88. The van der Waals surface area contributed by atoms with Crippen LogP contribution in [0.3, 0.4) is 0 Å². The van der Waals surface area contributed by atoms with E-state index in [0.29, 0.717) is 18.3 Å². The number of aryl methyl sites for hydroxylation is 2. The molecule has 2 bridgehead atoms. The molecule has 0 radical (unpaired) electrons. The first kappa shape index (κ1) is 37.8. The highest BCUT2D eigenvalue weighted by Crippen LogP contribution is 2.43. The third-order valence-electron chi connectivity index (χ3n) is 15.0. The summed E-state index contributed by atoms with van der Waals surface area (Å²) in [6, 6.07) is 0. The minimum Gasteiger partial charge on any atom is -0.313 e. The zero-order valence-electron chi connectivity index (χ0n) is 37.4. The predicted octanol–water partition coefficient (Wildman–Crippen LogP) is 10.7. The van der Waals surface area contributed by atoms with E-state index >= 15 is 0 Å². The highest BCUT2D eigenvalue weighted by atomic mass is 15.4. The predicted molar refractivity (Wildman–Crippen MR) is 244 cm³/mol. The van der Waals surface area contributed by atoms with Crippen molar-refractivity contribution in [1.82, 2.24) is 9.47 Å². The number of aliphatic imine (C=N–C) groups is 6. The van der Waals surface area contributed by atoms with Gasteiger partial charge in [0.25, 0.3) is 0 Å². The fourth-order valence-electron chi connectivity index (χ4n) is 10.0. The number of amidine groups is 6. The van der Waals surface area contributed by atoms with Crippen LogP contribution in [0.1, 0.15) is 122 Å². The third-order valence-corrected chi connectivity index (χ3v) is 15.0. The first-order valence-corrected chi connectivity index (χ1v) is 20.5. The molecule has 8 heteroatoms. The maximum absolute atomic E-state index is 5.71. The smallest absolute Gasteiger partial charge is 0.165 e. The van der Waals surface area contributed by atoms with E-state index < -0.39 is 0 Å². The molecule has 0 unspecified atom stereocenters. The second-order valence-corrected chi connectivity index (χ2v) is 17.3. The topological polar surface area (TPSA) is 82.3 Å². The van der Waals surface area contributed by atoms with Crippen molar-refractivity contribution in [2.45, 2.75) is 117 Å². The van der Waals surface area contributed by atoms with Crippen LogP contribution in [0.2, 0.25) is 0 Å². The number of hydrogen-bond donors (Lipinski definition) is 0. The van der Waals surface area contributed by atoms with Gasteiger partial charge in [-0.3, -0.25) is 9.89 Å². The molecule has 4 aromatic carbocycles. The first-order valence-electron chi connectivity index (χ1n) is 20.5. The summed E-state index contributed by atoms with van der Waals surface area (Å²) < 4.78 is 2.31. The van der Waals surface area contributed by atoms with E-state index in [-0.39, 0.29) is 0 Å². The molecule has 1 aromatic heterocycles. The van der Waals surface area contributed by atoms with Gasteiger partial charge in [-0.1, -0.05) is 0 Å². The monoisotopic (exact) mass is 766 g/mol. The van der Waals surface area contributed by atoms with Gasteiger partial charge in [0.1, 0.15) is 24.2 Å². The van der Waals surface area contributed by atoms with E-state index in [1.54, 1.807) is 0 Å². The van der Waals surface area contributed by atoms with Gasteiger partial charge in [0.15, 0.2) is 23.3 Å². The molecule has 4 aliphatic heterocycles. The molecule has 0 fully saturated rings. The van der Waals surface area contributed by atoms with Crippen molar-refractivity contribution in [3.63, 3.8) is 0 Å². The number of rotatable bonds is 0. The Kier molecular flexibility index (Phi) is 8.22. The van der Waals surface area contributed by atoms with Crippen molar-refractivity contribution in [3.8, 4) is 0 Å². The van der Waals surface area contributed by atoms with Gasteiger partial charge in [-0.05, 0) is 200 Å². The van der Waals surface area contributed by atoms with Crippen molar-refractivity contribution in [2.24, 2.45) is 30.0 Å². The normalized spacial score (nSPS) is 17.6. The highest BCUT2D eigenvalue weighted by molar-refractivity contribution is 6.35. The molecule has 9 rings (SSSR count). The van der Waals surface area contributed by atoms with Crippen LogP contribution in [0.25, 0.3) is 10.8 Å². The largest absolute Gasteiger partial charge is 0.313 e. The molecule has 4 aliphatic rings. The molecular formula is C50H54N8. The van der Waals surface area contributed by atoms with Gasteiger partial charge in [-0.2, -0.15) is 0 Å². The van der Waals surface area contributed by atoms with Crippen molar-refractivity contribution in [1.29, 1.82) is 0 Å². The Labute approximate surface area is 343 Å². The van der Waals surface area contributed by atoms with Crippen LogP contribution in [0, 0.1) is 111 Å². The van der Waals surface area contributed by atoms with Crippen LogP contribution >= 0.6 is 0 Å². The molecule has 0 saturated heterocycles. The summed E-state index contributed by atoms with van der Waals surface area (Å²) in [5.74, 6) is 5.42. The summed E-state index contributed by atoms with van der Waals surface area (Å²) in [7, 11) is 1.83. The number of fused-ring (bicyclic) bond motifs is 11. The van der Waals surface area contributed by atoms with Crippen LogP contribution in [0.5, 0.6) is 0 Å². The lowest BCUT2D eigenvalue weighted by Crippen LogP contribution is -2.34. The maximum Gasteiger partial charge on any atom is 0.165 e. The second-order valence-electron chi connectivity index (χ2n) is 17.3. The fourth-order valence-corrected chi connectivity index (χ4v) is 10.0. The summed E-state index contributed by atoms with van der Waals surface area (Å²) in [4.78, 5) is 34.6. The number of benzene rings is 4. The van der Waals surface area contributed by atoms with Gasteiger partial charge < -0.3 is 4.57 Å².